The Kier molecular flexibility index (Phi) is 0.880. The standard InChI is InChI=1S/C3H6O3S/c1-2-3-6-7(3,4)5/h2H2,1H3,(H,4,5). The summed E-state index contributed by atoms with van der Waals surface area (Å²) in [5.74, 6) is 0. The van der Waals surface area contributed by atoms with Gasteiger partial charge in [0.1, 0.15) is 0 Å². The van der Waals surface area contributed by atoms with E-state index < -0.39 is 10.1 Å². The van der Waals surface area contributed by atoms with Crippen LogP contribution in [0.2, 0.25) is 0 Å². The molecule has 0 aromatic rings. The van der Waals surface area contributed by atoms with Gasteiger partial charge in [-0.3, -0.25) is 4.55 Å². The molecular weight excluding hydrogens is 116 g/mol. The summed E-state index contributed by atoms with van der Waals surface area (Å²) < 4.78 is 22.8. The summed E-state index contributed by atoms with van der Waals surface area (Å²) in [6.45, 7) is 1.78. The van der Waals surface area contributed by atoms with Crippen molar-refractivity contribution in [3.63, 3.8) is 0 Å². The lowest BCUT2D eigenvalue weighted by Gasteiger charge is -1.61. The van der Waals surface area contributed by atoms with Crippen molar-refractivity contribution in [2.24, 2.45) is 0 Å². The van der Waals surface area contributed by atoms with Gasteiger partial charge in [0.15, 0.2) is 5.05 Å². The van der Waals surface area contributed by atoms with Gasteiger partial charge in [0.25, 0.3) is 0 Å². The van der Waals surface area contributed by atoms with Crippen molar-refractivity contribution in [1.82, 2.24) is 0 Å². The first-order valence-corrected chi connectivity index (χ1v) is 3.42. The van der Waals surface area contributed by atoms with Crippen LogP contribution in [0.25, 0.3) is 0 Å². The molecular formula is C3H6O3S. The van der Waals surface area contributed by atoms with E-state index in [4.69, 9.17) is 4.55 Å². The highest BCUT2D eigenvalue weighted by Crippen LogP contribution is 2.13. The number of rotatable bonds is 1. The van der Waals surface area contributed by atoms with Crippen LogP contribution in [0.5, 0.6) is 0 Å². The van der Waals surface area contributed by atoms with E-state index in [-0.39, 0.29) is 0 Å². The number of hydrogen-bond donors (Lipinski definition) is 1. The van der Waals surface area contributed by atoms with Crippen LogP contribution >= 0.6 is 0 Å². The highest BCUT2D eigenvalue weighted by molar-refractivity contribution is 7.99. The second-order valence-electron chi connectivity index (χ2n) is 1.28. The van der Waals surface area contributed by atoms with E-state index in [2.05, 4.69) is 4.18 Å². The van der Waals surface area contributed by atoms with Gasteiger partial charge in [0.2, 0.25) is 10.1 Å². The van der Waals surface area contributed by atoms with Crippen molar-refractivity contribution in [3.8, 4) is 0 Å². The molecule has 0 aromatic heterocycles. The Morgan fingerprint density at radius 3 is 2.43 bits per heavy atom. The zero-order valence-electron chi connectivity index (χ0n) is 3.88. The smallest absolute Gasteiger partial charge is 0.234 e. The Labute approximate surface area is 42.3 Å². The van der Waals surface area contributed by atoms with E-state index in [1.807, 2.05) is 0 Å². The predicted molar refractivity (Wildman–Crippen MR) is 27.2 cm³/mol. The van der Waals surface area contributed by atoms with E-state index in [0.717, 1.165) is 0 Å². The van der Waals surface area contributed by atoms with Crippen molar-refractivity contribution in [3.05, 3.63) is 0 Å². The van der Waals surface area contributed by atoms with Crippen LogP contribution in [-0.2, 0) is 14.3 Å². The molecule has 0 spiro atoms. The van der Waals surface area contributed by atoms with Gasteiger partial charge in [0, 0.05) is 6.42 Å². The zero-order chi connectivity index (χ0) is 5.49. The minimum absolute atomic E-state index is 0.326. The molecule has 0 bridgehead atoms. The van der Waals surface area contributed by atoms with Crippen molar-refractivity contribution in [1.29, 1.82) is 0 Å². The molecule has 0 radical (unpaired) electrons. The third kappa shape index (κ3) is 0.770. The third-order valence-electron chi connectivity index (χ3n) is 0.756. The van der Waals surface area contributed by atoms with Gasteiger partial charge in [-0.2, -0.15) is 0 Å². The maximum Gasteiger partial charge on any atom is 0.234 e. The fraction of sp³-hybridized carbons (Fsp3) is 0.667. The lowest BCUT2D eigenvalue weighted by atomic mass is 10.5. The van der Waals surface area contributed by atoms with Gasteiger partial charge in [0.05, 0.1) is 0 Å². The van der Waals surface area contributed by atoms with Gasteiger partial charge < -0.3 is 0 Å². The van der Waals surface area contributed by atoms with Crippen LogP contribution in [-0.4, -0.2) is 13.8 Å². The fourth-order valence-corrected chi connectivity index (χ4v) is 1.23. The fourth-order valence-electron chi connectivity index (χ4n) is 0.350. The molecule has 3 nitrogen and oxygen atoms in total. The van der Waals surface area contributed by atoms with Crippen molar-refractivity contribution in [2.75, 3.05) is 0 Å². The van der Waals surface area contributed by atoms with Crippen LogP contribution in [0, 0.1) is 0 Å². The molecule has 0 aliphatic carbocycles. The van der Waals surface area contributed by atoms with Crippen LogP contribution in [0.4, 0.5) is 0 Å². The van der Waals surface area contributed by atoms with Crippen LogP contribution in [0.15, 0.2) is 0 Å². The van der Waals surface area contributed by atoms with E-state index in [0.29, 0.717) is 11.5 Å². The maximum atomic E-state index is 10.2. The molecule has 42 valence electrons. The predicted octanol–water partition coefficient (Wildman–Crippen LogP) is 0.229. The van der Waals surface area contributed by atoms with Gasteiger partial charge in [-0.25, -0.2) is 8.39 Å². The monoisotopic (exact) mass is 122 g/mol. The topological polar surface area (TPSA) is 49.8 Å². The summed E-state index contributed by atoms with van der Waals surface area (Å²) in [7, 11) is -2.84. The lowest BCUT2D eigenvalue weighted by molar-refractivity contribution is 0.493. The molecule has 1 atom stereocenters. The van der Waals surface area contributed by atoms with Crippen LogP contribution in [0.3, 0.4) is 0 Å². The minimum Gasteiger partial charge on any atom is -0.291 e. The Morgan fingerprint density at radius 2 is 2.43 bits per heavy atom. The molecule has 0 saturated heterocycles. The van der Waals surface area contributed by atoms with Crippen molar-refractivity contribution >= 4 is 15.1 Å². The van der Waals surface area contributed by atoms with Gasteiger partial charge in [-0.15, -0.1) is 0 Å². The zero-order valence-corrected chi connectivity index (χ0v) is 4.70. The summed E-state index contributed by atoms with van der Waals surface area (Å²) in [4.78, 5) is 0. The molecule has 7 heavy (non-hydrogen) atoms. The SMILES string of the molecule is CCC1=S(=O)(O)O1. The van der Waals surface area contributed by atoms with E-state index in [1.165, 1.54) is 0 Å². The second kappa shape index (κ2) is 1.21. The van der Waals surface area contributed by atoms with Gasteiger partial charge in [-0.1, -0.05) is 6.92 Å². The second-order valence-corrected chi connectivity index (χ2v) is 2.86. The minimum atomic E-state index is -2.84. The van der Waals surface area contributed by atoms with Gasteiger partial charge >= 0.3 is 0 Å². The molecule has 1 aliphatic rings. The van der Waals surface area contributed by atoms with E-state index >= 15 is 0 Å². The summed E-state index contributed by atoms with van der Waals surface area (Å²) in [6.07, 6.45) is 0.551. The molecule has 1 rings (SSSR count). The molecule has 0 fully saturated rings. The summed E-state index contributed by atoms with van der Waals surface area (Å²) in [6, 6.07) is 0. The van der Waals surface area contributed by atoms with E-state index in [9.17, 15) is 4.21 Å². The van der Waals surface area contributed by atoms with Crippen molar-refractivity contribution in [2.45, 2.75) is 13.3 Å². The Hall–Kier alpha value is -0.0600. The first kappa shape index (κ1) is 5.08. The van der Waals surface area contributed by atoms with Gasteiger partial charge in [-0.05, 0) is 0 Å². The normalized spacial score (nSPS) is 38.9. The molecule has 1 aliphatic heterocycles. The summed E-state index contributed by atoms with van der Waals surface area (Å²) in [5.41, 5.74) is 0. The Morgan fingerprint density at radius 1 is 2.00 bits per heavy atom. The van der Waals surface area contributed by atoms with Crippen LogP contribution < -0.4 is 0 Å². The molecule has 0 amide bonds. The first-order chi connectivity index (χ1) is 3.17. The highest BCUT2D eigenvalue weighted by Gasteiger charge is 2.28. The molecule has 1 unspecified atom stereocenters. The summed E-state index contributed by atoms with van der Waals surface area (Å²) in [5, 5.41) is 0.326. The van der Waals surface area contributed by atoms with Crippen LogP contribution in [0.1, 0.15) is 13.3 Å². The molecule has 4 heteroatoms. The quantitative estimate of drug-likeness (QED) is 0.506. The molecule has 0 saturated carbocycles. The Balaban J connectivity index is 2.83. The largest absolute Gasteiger partial charge is 0.291 e. The molecule has 1 heterocycles. The first-order valence-electron chi connectivity index (χ1n) is 1.98. The summed E-state index contributed by atoms with van der Waals surface area (Å²) >= 11 is 0. The average Bonchev–Trinajstić information content (AvgIpc) is 2.13. The maximum absolute atomic E-state index is 10.2. The highest BCUT2D eigenvalue weighted by atomic mass is 32.3. The number of hydrogen-bond acceptors (Lipinski definition) is 2. The molecule has 0 aromatic carbocycles. The average molecular weight is 122 g/mol. The van der Waals surface area contributed by atoms with E-state index in [1.54, 1.807) is 6.92 Å². The van der Waals surface area contributed by atoms with Crippen molar-refractivity contribution < 1.29 is 12.9 Å². The Bertz CT molecular complexity index is 186. The lowest BCUT2D eigenvalue weighted by Crippen LogP contribution is -1.74. The molecule has 1 N–H and O–H groups in total. The third-order valence-corrected chi connectivity index (χ3v) is 1.98.